The molecular weight excluding hydrogens is 322 g/mol. The Balaban J connectivity index is 1.57. The first-order valence-corrected chi connectivity index (χ1v) is 8.42. The fourth-order valence-electron chi connectivity index (χ4n) is 3.15. The lowest BCUT2D eigenvalue weighted by Gasteiger charge is -2.37. The molecule has 3 aromatic rings. The summed E-state index contributed by atoms with van der Waals surface area (Å²) in [6, 6.07) is 10.0. The van der Waals surface area contributed by atoms with Crippen molar-refractivity contribution in [3.05, 3.63) is 53.6 Å². The van der Waals surface area contributed by atoms with Gasteiger partial charge in [0.1, 0.15) is 11.6 Å². The predicted octanol–water partition coefficient (Wildman–Crippen LogP) is 3.31. The Morgan fingerprint density at radius 2 is 1.62 bits per heavy atom. The number of benzene rings is 1. The zero-order valence-electron chi connectivity index (χ0n) is 13.5. The first kappa shape index (κ1) is 15.1. The highest BCUT2D eigenvalue weighted by Crippen LogP contribution is 2.26. The summed E-state index contributed by atoms with van der Waals surface area (Å²) in [5.74, 6) is 1.79. The molecule has 0 unspecified atom stereocenters. The fraction of sp³-hybridized carbons (Fsp3) is 0.278. The molecule has 1 saturated heterocycles. The van der Waals surface area contributed by atoms with Gasteiger partial charge in [-0.1, -0.05) is 11.6 Å². The Morgan fingerprint density at radius 3 is 2.38 bits per heavy atom. The van der Waals surface area contributed by atoms with Crippen molar-refractivity contribution in [3.8, 4) is 0 Å². The van der Waals surface area contributed by atoms with Gasteiger partial charge in [-0.05, 0) is 37.3 Å². The number of nitrogens with zero attached hydrogens (tertiary/aromatic N) is 5. The largest absolute Gasteiger partial charge is 0.368 e. The molecule has 0 bridgehead atoms. The van der Waals surface area contributed by atoms with Crippen molar-refractivity contribution in [2.24, 2.45) is 0 Å². The van der Waals surface area contributed by atoms with Crippen LogP contribution < -0.4 is 9.80 Å². The van der Waals surface area contributed by atoms with Gasteiger partial charge < -0.3 is 9.80 Å². The van der Waals surface area contributed by atoms with Crippen LogP contribution in [0.3, 0.4) is 0 Å². The molecule has 1 aromatic carbocycles. The zero-order chi connectivity index (χ0) is 16.5. The van der Waals surface area contributed by atoms with Crippen LogP contribution in [0.1, 0.15) is 5.82 Å². The molecule has 0 N–H and O–H groups in total. The van der Waals surface area contributed by atoms with Crippen molar-refractivity contribution < 1.29 is 0 Å². The second-order valence-corrected chi connectivity index (χ2v) is 6.37. The fourth-order valence-corrected chi connectivity index (χ4v) is 3.27. The molecule has 24 heavy (non-hydrogen) atoms. The van der Waals surface area contributed by atoms with E-state index >= 15 is 0 Å². The maximum Gasteiger partial charge on any atom is 0.140 e. The van der Waals surface area contributed by atoms with Crippen molar-refractivity contribution in [2.45, 2.75) is 6.92 Å². The highest BCUT2D eigenvalue weighted by molar-refractivity contribution is 6.30. The van der Waals surface area contributed by atoms with Gasteiger partial charge in [0, 0.05) is 48.5 Å². The summed E-state index contributed by atoms with van der Waals surface area (Å²) in [6.45, 7) is 5.70. The van der Waals surface area contributed by atoms with Gasteiger partial charge in [0.15, 0.2) is 0 Å². The standard InChI is InChI=1S/C18H18ClN5/c1-13-21-17-12-20-7-6-16(17)18(22-13)24-10-8-23(9-11-24)15-4-2-14(19)3-5-15/h2-7,12H,8-11H2,1H3. The second kappa shape index (κ2) is 6.24. The molecule has 0 radical (unpaired) electrons. The van der Waals surface area contributed by atoms with Crippen LogP contribution in [0.5, 0.6) is 0 Å². The van der Waals surface area contributed by atoms with Crippen molar-refractivity contribution in [2.75, 3.05) is 36.0 Å². The number of piperazine rings is 1. The van der Waals surface area contributed by atoms with Gasteiger partial charge in [-0.25, -0.2) is 9.97 Å². The molecule has 1 aliphatic heterocycles. The Labute approximate surface area is 145 Å². The zero-order valence-corrected chi connectivity index (χ0v) is 14.2. The smallest absolute Gasteiger partial charge is 0.140 e. The van der Waals surface area contributed by atoms with Crippen LogP contribution in [0, 0.1) is 6.92 Å². The minimum Gasteiger partial charge on any atom is -0.368 e. The Kier molecular flexibility index (Phi) is 3.94. The number of aryl methyl sites for hydroxylation is 1. The summed E-state index contributed by atoms with van der Waals surface area (Å²) in [5, 5.41) is 1.84. The summed E-state index contributed by atoms with van der Waals surface area (Å²) in [6.07, 6.45) is 3.60. The molecular formula is C18H18ClN5. The average Bonchev–Trinajstić information content (AvgIpc) is 2.62. The van der Waals surface area contributed by atoms with E-state index in [9.17, 15) is 0 Å². The van der Waals surface area contributed by atoms with Gasteiger partial charge in [-0.3, -0.25) is 4.98 Å². The monoisotopic (exact) mass is 339 g/mol. The van der Waals surface area contributed by atoms with Crippen LogP contribution in [0.25, 0.3) is 10.9 Å². The lowest BCUT2D eigenvalue weighted by molar-refractivity contribution is 0.648. The Morgan fingerprint density at radius 1 is 0.917 bits per heavy atom. The van der Waals surface area contributed by atoms with E-state index in [4.69, 9.17) is 11.6 Å². The Hall–Kier alpha value is -2.40. The normalized spacial score (nSPS) is 15.1. The van der Waals surface area contributed by atoms with E-state index in [-0.39, 0.29) is 0 Å². The molecule has 0 saturated carbocycles. The maximum absolute atomic E-state index is 5.98. The van der Waals surface area contributed by atoms with Crippen LogP contribution in [0.4, 0.5) is 11.5 Å². The van der Waals surface area contributed by atoms with E-state index in [1.54, 1.807) is 12.4 Å². The SMILES string of the molecule is Cc1nc(N2CCN(c3ccc(Cl)cc3)CC2)c2ccncc2n1. The summed E-state index contributed by atoms with van der Waals surface area (Å²) in [7, 11) is 0. The Bertz CT molecular complexity index is 857. The molecule has 1 aliphatic rings. The van der Waals surface area contributed by atoms with E-state index in [1.807, 2.05) is 25.1 Å². The van der Waals surface area contributed by atoms with E-state index in [1.165, 1.54) is 5.69 Å². The van der Waals surface area contributed by atoms with Crippen LogP contribution >= 0.6 is 11.6 Å². The van der Waals surface area contributed by atoms with Crippen molar-refractivity contribution >= 4 is 34.0 Å². The third kappa shape index (κ3) is 2.87. The summed E-state index contributed by atoms with van der Waals surface area (Å²) in [5.41, 5.74) is 2.12. The summed E-state index contributed by atoms with van der Waals surface area (Å²) >= 11 is 5.98. The molecule has 2 aromatic heterocycles. The molecule has 3 heterocycles. The first-order chi connectivity index (χ1) is 11.7. The topological polar surface area (TPSA) is 45.2 Å². The first-order valence-electron chi connectivity index (χ1n) is 8.04. The van der Waals surface area contributed by atoms with Crippen LogP contribution in [-0.4, -0.2) is 41.1 Å². The number of rotatable bonds is 2. The van der Waals surface area contributed by atoms with Gasteiger partial charge in [-0.2, -0.15) is 0 Å². The minimum atomic E-state index is 0.772. The van der Waals surface area contributed by atoms with Crippen molar-refractivity contribution in [1.82, 2.24) is 15.0 Å². The number of fused-ring (bicyclic) bond motifs is 1. The third-order valence-electron chi connectivity index (χ3n) is 4.36. The average molecular weight is 340 g/mol. The molecule has 0 atom stereocenters. The molecule has 122 valence electrons. The molecule has 0 aliphatic carbocycles. The molecule has 0 amide bonds. The predicted molar refractivity (Wildman–Crippen MR) is 97.9 cm³/mol. The lowest BCUT2D eigenvalue weighted by Crippen LogP contribution is -2.47. The number of halogens is 1. The lowest BCUT2D eigenvalue weighted by atomic mass is 10.2. The second-order valence-electron chi connectivity index (χ2n) is 5.94. The third-order valence-corrected chi connectivity index (χ3v) is 4.61. The number of hydrogen-bond donors (Lipinski definition) is 0. The van der Waals surface area contributed by atoms with Gasteiger partial charge in [0.25, 0.3) is 0 Å². The van der Waals surface area contributed by atoms with Gasteiger partial charge >= 0.3 is 0 Å². The van der Waals surface area contributed by atoms with E-state index < -0.39 is 0 Å². The number of pyridine rings is 1. The van der Waals surface area contributed by atoms with Crippen LogP contribution in [-0.2, 0) is 0 Å². The summed E-state index contributed by atoms with van der Waals surface area (Å²) < 4.78 is 0. The van der Waals surface area contributed by atoms with Gasteiger partial charge in [0.05, 0.1) is 11.7 Å². The minimum absolute atomic E-state index is 0.772. The molecule has 5 nitrogen and oxygen atoms in total. The van der Waals surface area contributed by atoms with Crippen molar-refractivity contribution in [3.63, 3.8) is 0 Å². The quantitative estimate of drug-likeness (QED) is 0.716. The van der Waals surface area contributed by atoms with Gasteiger partial charge in [-0.15, -0.1) is 0 Å². The highest BCUT2D eigenvalue weighted by Gasteiger charge is 2.20. The van der Waals surface area contributed by atoms with Crippen molar-refractivity contribution in [1.29, 1.82) is 0 Å². The van der Waals surface area contributed by atoms with E-state index in [2.05, 4.69) is 36.9 Å². The number of anilines is 2. The van der Waals surface area contributed by atoms with Gasteiger partial charge in [0.2, 0.25) is 0 Å². The number of hydrogen-bond acceptors (Lipinski definition) is 5. The number of aromatic nitrogens is 3. The molecule has 4 rings (SSSR count). The van der Waals surface area contributed by atoms with Crippen LogP contribution in [0.15, 0.2) is 42.7 Å². The molecule has 6 heteroatoms. The maximum atomic E-state index is 5.98. The molecule has 1 fully saturated rings. The highest BCUT2D eigenvalue weighted by atomic mass is 35.5. The van der Waals surface area contributed by atoms with Crippen LogP contribution in [0.2, 0.25) is 5.02 Å². The molecule has 0 spiro atoms. The van der Waals surface area contributed by atoms with E-state index in [0.717, 1.165) is 53.7 Å². The van der Waals surface area contributed by atoms with E-state index in [0.29, 0.717) is 0 Å². The summed E-state index contributed by atoms with van der Waals surface area (Å²) in [4.78, 5) is 18.1.